The van der Waals surface area contributed by atoms with Crippen molar-refractivity contribution in [3.63, 3.8) is 0 Å². The zero-order valence-corrected chi connectivity index (χ0v) is 15.4. The van der Waals surface area contributed by atoms with Crippen LogP contribution in [-0.2, 0) is 11.4 Å². The van der Waals surface area contributed by atoms with Gasteiger partial charge in [0.1, 0.15) is 11.9 Å². The van der Waals surface area contributed by atoms with Gasteiger partial charge in [-0.1, -0.05) is 6.07 Å². The number of hydroxylamine groups is 2. The molecular weight excluding hydrogens is 342 g/mol. The van der Waals surface area contributed by atoms with Crippen LogP contribution in [0.5, 0.6) is 5.75 Å². The summed E-state index contributed by atoms with van der Waals surface area (Å²) < 4.78 is 6.12. The lowest BCUT2D eigenvalue weighted by Crippen LogP contribution is -2.37. The highest BCUT2D eigenvalue weighted by Crippen LogP contribution is 2.21. The van der Waals surface area contributed by atoms with Crippen molar-refractivity contribution in [3.8, 4) is 5.75 Å². The number of piperidine rings is 1. The van der Waals surface area contributed by atoms with Crippen LogP contribution < -0.4 is 4.74 Å². The number of benzene rings is 1. The lowest BCUT2D eigenvalue weighted by molar-refractivity contribution is -0.0768. The molecule has 2 fully saturated rings. The molecule has 0 unspecified atom stereocenters. The van der Waals surface area contributed by atoms with Gasteiger partial charge in [-0.15, -0.1) is 0 Å². The molecule has 1 amide bonds. The largest absolute Gasteiger partial charge is 0.490 e. The fourth-order valence-electron chi connectivity index (χ4n) is 3.53. The lowest BCUT2D eigenvalue weighted by Gasteiger charge is -2.31. The van der Waals surface area contributed by atoms with Crippen LogP contribution in [0.15, 0.2) is 48.7 Å². The van der Waals surface area contributed by atoms with Gasteiger partial charge in [0, 0.05) is 31.4 Å². The quantitative estimate of drug-likeness (QED) is 0.813. The number of pyridine rings is 1. The molecule has 3 heterocycles. The highest BCUT2D eigenvalue weighted by atomic mass is 16.7. The van der Waals surface area contributed by atoms with Crippen LogP contribution in [-0.4, -0.2) is 53.2 Å². The minimum absolute atomic E-state index is 0.0816. The number of hydrogen-bond donors (Lipinski definition) is 0. The van der Waals surface area contributed by atoms with E-state index in [1.54, 1.807) is 0 Å². The highest BCUT2D eigenvalue weighted by Gasteiger charge is 2.22. The maximum absolute atomic E-state index is 12.3. The van der Waals surface area contributed by atoms with E-state index in [9.17, 15) is 4.79 Å². The van der Waals surface area contributed by atoms with Gasteiger partial charge in [-0.25, -0.2) is 5.06 Å². The summed E-state index contributed by atoms with van der Waals surface area (Å²) in [6.45, 7) is 4.18. The zero-order valence-electron chi connectivity index (χ0n) is 15.4. The molecule has 2 saturated heterocycles. The number of rotatable bonds is 5. The van der Waals surface area contributed by atoms with E-state index in [4.69, 9.17) is 9.57 Å². The van der Waals surface area contributed by atoms with Crippen LogP contribution in [0.2, 0.25) is 0 Å². The molecule has 6 nitrogen and oxygen atoms in total. The predicted octanol–water partition coefficient (Wildman–Crippen LogP) is 2.90. The van der Waals surface area contributed by atoms with E-state index >= 15 is 0 Å². The summed E-state index contributed by atoms with van der Waals surface area (Å²) in [5.74, 6) is 0.735. The Bertz CT molecular complexity index is 737. The first-order chi connectivity index (χ1) is 13.3. The van der Waals surface area contributed by atoms with Gasteiger partial charge >= 0.3 is 0 Å². The monoisotopic (exact) mass is 367 g/mol. The molecule has 2 aromatic rings. The number of carbonyl (C=O) groups excluding carboxylic acids is 1. The van der Waals surface area contributed by atoms with Crippen molar-refractivity contribution in [2.45, 2.75) is 31.9 Å². The molecule has 0 atom stereocenters. The van der Waals surface area contributed by atoms with Crippen LogP contribution in [0.4, 0.5) is 0 Å². The van der Waals surface area contributed by atoms with Gasteiger partial charge in [-0.05, 0) is 55.7 Å². The normalized spacial score (nSPS) is 18.6. The molecule has 1 aromatic carbocycles. The summed E-state index contributed by atoms with van der Waals surface area (Å²) in [5.41, 5.74) is 1.74. The number of nitrogens with zero attached hydrogens (tertiary/aromatic N) is 3. The van der Waals surface area contributed by atoms with Gasteiger partial charge in [0.15, 0.2) is 0 Å². The molecular formula is C21H25N3O3. The van der Waals surface area contributed by atoms with E-state index in [1.807, 2.05) is 42.6 Å². The van der Waals surface area contributed by atoms with Crippen molar-refractivity contribution >= 4 is 5.91 Å². The minimum Gasteiger partial charge on any atom is -0.490 e. The van der Waals surface area contributed by atoms with Gasteiger partial charge < -0.3 is 4.74 Å². The van der Waals surface area contributed by atoms with E-state index in [-0.39, 0.29) is 12.0 Å². The molecule has 0 aliphatic carbocycles. The molecule has 27 heavy (non-hydrogen) atoms. The third kappa shape index (κ3) is 4.64. The van der Waals surface area contributed by atoms with Gasteiger partial charge in [0.05, 0.1) is 18.8 Å². The number of ether oxygens (including phenoxy) is 1. The summed E-state index contributed by atoms with van der Waals surface area (Å²) in [6, 6.07) is 13.4. The van der Waals surface area contributed by atoms with E-state index in [2.05, 4.69) is 16.0 Å². The lowest BCUT2D eigenvalue weighted by atomic mass is 10.1. The zero-order chi connectivity index (χ0) is 18.5. The van der Waals surface area contributed by atoms with E-state index < -0.39 is 0 Å². The smallest absolute Gasteiger partial charge is 0.277 e. The first kappa shape index (κ1) is 17.9. The number of aromatic nitrogens is 1. The molecule has 2 aliphatic heterocycles. The number of likely N-dealkylation sites (tertiary alicyclic amines) is 1. The van der Waals surface area contributed by atoms with Crippen LogP contribution in [0.1, 0.15) is 35.3 Å². The molecule has 0 N–H and O–H groups in total. The fourth-order valence-corrected chi connectivity index (χ4v) is 3.53. The Labute approximate surface area is 159 Å². The summed E-state index contributed by atoms with van der Waals surface area (Å²) in [4.78, 5) is 24.4. The van der Waals surface area contributed by atoms with Crippen molar-refractivity contribution in [1.29, 1.82) is 0 Å². The third-order valence-electron chi connectivity index (χ3n) is 5.03. The maximum atomic E-state index is 12.3. The Morgan fingerprint density at radius 2 is 1.93 bits per heavy atom. The average Bonchev–Trinajstić information content (AvgIpc) is 3.25. The van der Waals surface area contributed by atoms with Crippen molar-refractivity contribution in [1.82, 2.24) is 14.9 Å². The molecule has 0 spiro atoms. The molecule has 0 bridgehead atoms. The second kappa shape index (κ2) is 8.50. The summed E-state index contributed by atoms with van der Waals surface area (Å²) in [6.07, 6.45) is 4.94. The molecule has 1 aromatic heterocycles. The molecule has 6 heteroatoms. The molecule has 4 rings (SSSR count). The number of carbonyl (C=O) groups is 1. The van der Waals surface area contributed by atoms with Crippen LogP contribution in [0, 0.1) is 0 Å². The van der Waals surface area contributed by atoms with Gasteiger partial charge in [-0.3, -0.25) is 19.5 Å². The summed E-state index contributed by atoms with van der Waals surface area (Å²) >= 11 is 0. The van der Waals surface area contributed by atoms with Crippen molar-refractivity contribution in [2.75, 3.05) is 26.2 Å². The summed E-state index contributed by atoms with van der Waals surface area (Å²) in [5, 5.41) is 1.44. The van der Waals surface area contributed by atoms with E-state index in [0.29, 0.717) is 18.7 Å². The maximum Gasteiger partial charge on any atom is 0.277 e. The Morgan fingerprint density at radius 3 is 2.59 bits per heavy atom. The van der Waals surface area contributed by atoms with E-state index in [0.717, 1.165) is 50.3 Å². The summed E-state index contributed by atoms with van der Waals surface area (Å²) in [7, 11) is 0. The average molecular weight is 367 g/mol. The Balaban J connectivity index is 1.26. The molecule has 0 saturated carbocycles. The number of hydrogen-bond acceptors (Lipinski definition) is 5. The minimum atomic E-state index is -0.0816. The highest BCUT2D eigenvalue weighted by molar-refractivity contribution is 5.93. The topological polar surface area (TPSA) is 54.9 Å². The molecule has 142 valence electrons. The SMILES string of the molecule is O=C(c1ccc(OC2CCN(Cc3ccccn3)CC2)cc1)N1CCCO1. The third-order valence-corrected chi connectivity index (χ3v) is 5.03. The second-order valence-corrected chi connectivity index (χ2v) is 7.03. The van der Waals surface area contributed by atoms with Crippen molar-refractivity contribution in [3.05, 3.63) is 59.9 Å². The predicted molar refractivity (Wildman–Crippen MR) is 101 cm³/mol. The Hall–Kier alpha value is -2.44. The second-order valence-electron chi connectivity index (χ2n) is 7.03. The van der Waals surface area contributed by atoms with Crippen LogP contribution in [0.3, 0.4) is 0 Å². The van der Waals surface area contributed by atoms with Gasteiger partial charge in [0.2, 0.25) is 0 Å². The Kier molecular flexibility index (Phi) is 5.65. The van der Waals surface area contributed by atoms with Crippen LogP contribution in [0.25, 0.3) is 0 Å². The van der Waals surface area contributed by atoms with Crippen molar-refractivity contribution < 1.29 is 14.4 Å². The fraction of sp³-hybridized carbons (Fsp3) is 0.429. The van der Waals surface area contributed by atoms with Crippen molar-refractivity contribution in [2.24, 2.45) is 0 Å². The number of amides is 1. The first-order valence-electron chi connectivity index (χ1n) is 9.62. The molecule has 0 radical (unpaired) electrons. The standard InChI is InChI=1S/C21H25N3O3/c25-21(24-12-3-15-26-24)17-5-7-19(8-6-17)27-20-9-13-23(14-10-20)16-18-4-1-2-11-22-18/h1-2,4-8,11,20H,3,9-10,12-16H2. The molecule has 2 aliphatic rings. The van der Waals surface area contributed by atoms with Gasteiger partial charge in [0.25, 0.3) is 5.91 Å². The first-order valence-corrected chi connectivity index (χ1v) is 9.62. The van der Waals surface area contributed by atoms with E-state index in [1.165, 1.54) is 5.06 Å². The Morgan fingerprint density at radius 1 is 1.11 bits per heavy atom. The van der Waals surface area contributed by atoms with Gasteiger partial charge in [-0.2, -0.15) is 0 Å². The van der Waals surface area contributed by atoms with Crippen LogP contribution >= 0.6 is 0 Å².